The predicted octanol–water partition coefficient (Wildman–Crippen LogP) is 14.2. The Balaban J connectivity index is 0.857. The van der Waals surface area contributed by atoms with Gasteiger partial charge < -0.3 is 13.7 Å². The number of ether oxygens (including phenoxy) is 1. The summed E-state index contributed by atoms with van der Waals surface area (Å²) in [6.07, 6.45) is 8.65. The molecule has 6 heteroatoms. The van der Waals surface area contributed by atoms with Crippen LogP contribution in [0, 0.1) is 0 Å². The molecule has 8 aromatic carbocycles. The van der Waals surface area contributed by atoms with E-state index in [1.165, 1.54) is 21.9 Å². The standard InChI is InChI=1S/C57H36N4O2/c1-3-12-36(13-4-1)55-58-56(37-14-5-2-6-15-37)60-57(59-55)40-24-29-45-48-33-39(26-31-52(48)62-53(45)34-40)38-25-30-50-47(32-38)43-16-7-9-20-49(43)61(50)41-27-22-35(23-28-41)42-18-11-19-46-44-17-8-10-21-51(44)63-54(42)46/h1-34,44,51H. The normalized spacial score (nSPS) is 15.3. The molecule has 0 spiro atoms. The minimum Gasteiger partial charge on any atom is -0.484 e. The molecule has 0 saturated carbocycles. The Kier molecular flexibility index (Phi) is 7.93. The highest BCUT2D eigenvalue weighted by molar-refractivity contribution is 6.11. The van der Waals surface area contributed by atoms with E-state index in [9.17, 15) is 0 Å². The van der Waals surface area contributed by atoms with Gasteiger partial charge in [0.1, 0.15) is 23.0 Å². The molecular formula is C57H36N4O2. The Morgan fingerprint density at radius 1 is 0.413 bits per heavy atom. The van der Waals surface area contributed by atoms with Gasteiger partial charge >= 0.3 is 0 Å². The van der Waals surface area contributed by atoms with Crippen molar-refractivity contribution in [2.45, 2.75) is 12.0 Å². The molecule has 2 atom stereocenters. The first-order chi connectivity index (χ1) is 31.2. The second-order valence-electron chi connectivity index (χ2n) is 16.3. The number of para-hydroxylation sites is 2. The number of fused-ring (bicyclic) bond motifs is 9. The van der Waals surface area contributed by atoms with Crippen molar-refractivity contribution in [1.29, 1.82) is 0 Å². The minimum atomic E-state index is 0.0555. The second kappa shape index (κ2) is 14.1. The lowest BCUT2D eigenvalue weighted by Crippen LogP contribution is -2.15. The van der Waals surface area contributed by atoms with Crippen molar-refractivity contribution in [3.05, 3.63) is 212 Å². The molecule has 2 unspecified atom stereocenters. The summed E-state index contributed by atoms with van der Waals surface area (Å²) in [7, 11) is 0. The first kappa shape index (κ1) is 35.4. The number of furan rings is 1. The van der Waals surface area contributed by atoms with E-state index in [0.29, 0.717) is 17.5 Å². The van der Waals surface area contributed by atoms with Crippen LogP contribution in [-0.2, 0) is 0 Å². The summed E-state index contributed by atoms with van der Waals surface area (Å²) < 4.78 is 15.4. The van der Waals surface area contributed by atoms with Gasteiger partial charge in [0, 0.05) is 61.0 Å². The van der Waals surface area contributed by atoms with Gasteiger partial charge in [-0.25, -0.2) is 15.0 Å². The maximum atomic E-state index is 6.51. The molecular weight excluding hydrogens is 773 g/mol. The van der Waals surface area contributed by atoms with Crippen molar-refractivity contribution >= 4 is 43.7 Å². The Hall–Kier alpha value is -8.35. The van der Waals surface area contributed by atoms with Crippen LogP contribution in [0.5, 0.6) is 5.75 Å². The Morgan fingerprint density at radius 2 is 1.05 bits per heavy atom. The quantitative estimate of drug-likeness (QED) is 0.167. The molecule has 0 amide bonds. The van der Waals surface area contributed by atoms with Crippen LogP contribution in [0.3, 0.4) is 0 Å². The number of rotatable bonds is 6. The predicted molar refractivity (Wildman–Crippen MR) is 254 cm³/mol. The molecule has 4 heterocycles. The monoisotopic (exact) mass is 808 g/mol. The van der Waals surface area contributed by atoms with E-state index in [2.05, 4.69) is 144 Å². The van der Waals surface area contributed by atoms with Crippen LogP contribution in [0.2, 0.25) is 0 Å². The molecule has 0 saturated heterocycles. The third-order valence-corrected chi connectivity index (χ3v) is 12.6. The molecule has 63 heavy (non-hydrogen) atoms. The molecule has 13 rings (SSSR count). The van der Waals surface area contributed by atoms with Crippen molar-refractivity contribution < 1.29 is 9.15 Å². The number of benzene rings is 8. The van der Waals surface area contributed by atoms with E-state index in [1.54, 1.807) is 0 Å². The molecule has 0 bridgehead atoms. The van der Waals surface area contributed by atoms with E-state index < -0.39 is 0 Å². The largest absolute Gasteiger partial charge is 0.484 e. The van der Waals surface area contributed by atoms with Crippen LogP contribution in [-0.4, -0.2) is 25.6 Å². The van der Waals surface area contributed by atoms with Crippen molar-refractivity contribution in [3.8, 4) is 67.9 Å². The van der Waals surface area contributed by atoms with Gasteiger partial charge in [-0.05, 0) is 77.4 Å². The lowest BCUT2D eigenvalue weighted by atomic mass is 9.90. The first-order valence-corrected chi connectivity index (χ1v) is 21.3. The van der Waals surface area contributed by atoms with Gasteiger partial charge in [-0.3, -0.25) is 0 Å². The minimum absolute atomic E-state index is 0.0555. The van der Waals surface area contributed by atoms with E-state index in [4.69, 9.17) is 24.1 Å². The average Bonchev–Trinajstić information content (AvgIpc) is 4.03. The van der Waals surface area contributed by atoms with Gasteiger partial charge in [0.2, 0.25) is 0 Å². The van der Waals surface area contributed by atoms with E-state index in [-0.39, 0.29) is 12.0 Å². The van der Waals surface area contributed by atoms with E-state index in [1.807, 2.05) is 66.7 Å². The van der Waals surface area contributed by atoms with Crippen LogP contribution < -0.4 is 4.74 Å². The fourth-order valence-electron chi connectivity index (χ4n) is 9.55. The first-order valence-electron chi connectivity index (χ1n) is 21.3. The molecule has 0 N–H and O–H groups in total. The average molecular weight is 809 g/mol. The maximum absolute atomic E-state index is 6.51. The van der Waals surface area contributed by atoms with Gasteiger partial charge in [0.05, 0.1) is 11.0 Å². The molecule has 3 aromatic heterocycles. The summed E-state index contributed by atoms with van der Waals surface area (Å²) >= 11 is 0. The fraction of sp³-hybridized carbons (Fsp3) is 0.0351. The smallest absolute Gasteiger partial charge is 0.164 e. The molecule has 6 nitrogen and oxygen atoms in total. The van der Waals surface area contributed by atoms with Gasteiger partial charge in [-0.15, -0.1) is 0 Å². The van der Waals surface area contributed by atoms with Crippen molar-refractivity contribution in [3.63, 3.8) is 0 Å². The van der Waals surface area contributed by atoms with Crippen LogP contribution in [0.1, 0.15) is 11.5 Å². The second-order valence-corrected chi connectivity index (χ2v) is 16.3. The highest BCUT2D eigenvalue weighted by Gasteiger charge is 2.33. The summed E-state index contributed by atoms with van der Waals surface area (Å²) in [5.41, 5.74) is 13.6. The maximum Gasteiger partial charge on any atom is 0.164 e. The molecule has 2 aliphatic rings. The fourth-order valence-corrected chi connectivity index (χ4v) is 9.55. The summed E-state index contributed by atoms with van der Waals surface area (Å²) in [5.74, 6) is 3.10. The summed E-state index contributed by atoms with van der Waals surface area (Å²) in [4.78, 5) is 14.8. The van der Waals surface area contributed by atoms with Gasteiger partial charge in [-0.1, -0.05) is 146 Å². The Morgan fingerprint density at radius 3 is 1.83 bits per heavy atom. The Bertz CT molecular complexity index is 3600. The number of allylic oxidation sites excluding steroid dienone is 2. The summed E-state index contributed by atoms with van der Waals surface area (Å²) in [5, 5.41) is 4.51. The van der Waals surface area contributed by atoms with E-state index >= 15 is 0 Å². The summed E-state index contributed by atoms with van der Waals surface area (Å²) in [6, 6.07) is 63.7. The van der Waals surface area contributed by atoms with E-state index in [0.717, 1.165) is 77.8 Å². The molecule has 0 fully saturated rings. The van der Waals surface area contributed by atoms with Crippen LogP contribution in [0.15, 0.2) is 211 Å². The third-order valence-electron chi connectivity index (χ3n) is 12.6. The zero-order valence-corrected chi connectivity index (χ0v) is 33.9. The summed E-state index contributed by atoms with van der Waals surface area (Å²) in [6.45, 7) is 0. The number of hydrogen-bond donors (Lipinski definition) is 0. The number of nitrogens with zero attached hydrogens (tertiary/aromatic N) is 4. The lowest BCUT2D eigenvalue weighted by Gasteiger charge is -2.14. The molecule has 0 radical (unpaired) electrons. The van der Waals surface area contributed by atoms with Gasteiger partial charge in [0.25, 0.3) is 0 Å². The van der Waals surface area contributed by atoms with Crippen molar-refractivity contribution in [1.82, 2.24) is 19.5 Å². The number of hydrogen-bond acceptors (Lipinski definition) is 5. The van der Waals surface area contributed by atoms with Gasteiger partial charge in [0.15, 0.2) is 17.5 Å². The third kappa shape index (κ3) is 5.83. The van der Waals surface area contributed by atoms with Gasteiger partial charge in [-0.2, -0.15) is 0 Å². The van der Waals surface area contributed by atoms with Crippen molar-refractivity contribution in [2.75, 3.05) is 0 Å². The highest BCUT2D eigenvalue weighted by atomic mass is 16.5. The molecule has 11 aromatic rings. The zero-order chi connectivity index (χ0) is 41.4. The van der Waals surface area contributed by atoms with Crippen LogP contribution in [0.25, 0.3) is 106 Å². The molecule has 1 aliphatic carbocycles. The topological polar surface area (TPSA) is 66.0 Å². The Labute approximate surface area is 362 Å². The molecule has 296 valence electrons. The lowest BCUT2D eigenvalue weighted by molar-refractivity contribution is 0.270. The SMILES string of the molecule is C1=CC2Oc3c(-c4ccc(-n5c6ccccc6c6cc(-c7ccc8oc9cc(-c%10nc(-c%11ccccc%11)nc(-c%11ccccc%11)n%10)ccc9c8c7)ccc65)cc4)cccc3C2C=C1. The number of aromatic nitrogens is 4. The van der Waals surface area contributed by atoms with Crippen LogP contribution >= 0.6 is 0 Å². The van der Waals surface area contributed by atoms with Crippen LogP contribution in [0.4, 0.5) is 0 Å². The highest BCUT2D eigenvalue weighted by Crippen LogP contribution is 2.47. The zero-order valence-electron chi connectivity index (χ0n) is 33.9. The van der Waals surface area contributed by atoms with Crippen molar-refractivity contribution in [2.24, 2.45) is 0 Å². The molecule has 1 aliphatic heterocycles.